The topological polar surface area (TPSA) is 46.5 Å². The highest BCUT2D eigenvalue weighted by Crippen LogP contribution is 2.52. The van der Waals surface area contributed by atoms with E-state index in [-0.39, 0.29) is 11.2 Å². The lowest BCUT2D eigenvalue weighted by Gasteiger charge is -2.38. The van der Waals surface area contributed by atoms with Gasteiger partial charge in [0.15, 0.2) is 5.78 Å². The minimum absolute atomic E-state index is 0.0136. The minimum Gasteiger partial charge on any atom is -0.497 e. The fourth-order valence-electron chi connectivity index (χ4n) is 3.91. The first-order valence-corrected chi connectivity index (χ1v) is 7.71. The van der Waals surface area contributed by atoms with E-state index in [0.717, 1.165) is 43.4 Å². The van der Waals surface area contributed by atoms with Crippen LogP contribution in [0.5, 0.6) is 5.75 Å². The molecule has 0 heterocycles. The first-order valence-electron chi connectivity index (χ1n) is 7.71. The average molecular weight is 286 g/mol. The monoisotopic (exact) mass is 286 g/mol. The maximum absolute atomic E-state index is 12.0. The highest BCUT2D eigenvalue weighted by atomic mass is 16.5. The molecule has 0 saturated heterocycles. The largest absolute Gasteiger partial charge is 0.497 e. The van der Waals surface area contributed by atoms with Gasteiger partial charge in [0.25, 0.3) is 0 Å². The van der Waals surface area contributed by atoms with Crippen molar-refractivity contribution in [1.29, 1.82) is 0 Å². The number of benzene rings is 1. The predicted octanol–water partition coefficient (Wildman–Crippen LogP) is 3.36. The van der Waals surface area contributed by atoms with Crippen LogP contribution in [-0.4, -0.2) is 24.1 Å². The van der Waals surface area contributed by atoms with E-state index in [9.17, 15) is 9.90 Å². The number of Topliss-reactive ketones (excluding diaryl/α,β-unsaturated/α-hetero) is 1. The normalized spacial score (nSPS) is 31.0. The van der Waals surface area contributed by atoms with Gasteiger partial charge in [-0.2, -0.15) is 0 Å². The Morgan fingerprint density at radius 1 is 1.29 bits per heavy atom. The molecule has 0 bridgehead atoms. The molecule has 0 unspecified atom stereocenters. The van der Waals surface area contributed by atoms with Gasteiger partial charge in [-0.25, -0.2) is 0 Å². The van der Waals surface area contributed by atoms with Gasteiger partial charge in [0.2, 0.25) is 0 Å². The van der Waals surface area contributed by atoms with Crippen LogP contribution in [0.1, 0.15) is 44.1 Å². The lowest BCUT2D eigenvalue weighted by Crippen LogP contribution is -2.43. The van der Waals surface area contributed by atoms with Crippen LogP contribution in [0.4, 0.5) is 0 Å². The molecule has 1 N–H and O–H groups in total. The summed E-state index contributed by atoms with van der Waals surface area (Å²) < 4.78 is 5.26. The molecule has 2 saturated carbocycles. The smallest absolute Gasteiger partial charge is 0.162 e. The number of carbonyl (C=O) groups excluding carboxylic acids is 1. The van der Waals surface area contributed by atoms with Crippen LogP contribution >= 0.6 is 0 Å². The summed E-state index contributed by atoms with van der Waals surface area (Å²) in [6, 6.07) is 7.93. The second kappa shape index (κ2) is 5.64. The maximum atomic E-state index is 12.0. The van der Waals surface area contributed by atoms with Crippen molar-refractivity contribution < 1.29 is 14.6 Å². The van der Waals surface area contributed by atoms with Gasteiger partial charge in [-0.1, -0.05) is 23.8 Å². The molecule has 112 valence electrons. The summed E-state index contributed by atoms with van der Waals surface area (Å²) in [6.07, 6.45) is 6.64. The molecule has 1 aromatic carbocycles. The third-order valence-electron chi connectivity index (χ3n) is 5.02. The van der Waals surface area contributed by atoms with Gasteiger partial charge in [-0.3, -0.25) is 4.79 Å². The number of methoxy groups -OCH3 is 1. The number of hydrogen-bond acceptors (Lipinski definition) is 3. The number of hydrogen-bond donors (Lipinski definition) is 1. The van der Waals surface area contributed by atoms with Crippen molar-refractivity contribution in [2.75, 3.05) is 7.11 Å². The number of ether oxygens (including phenoxy) is 1. The molecule has 3 heteroatoms. The summed E-state index contributed by atoms with van der Waals surface area (Å²) in [4.78, 5) is 12.0. The van der Waals surface area contributed by atoms with Crippen LogP contribution in [0.2, 0.25) is 0 Å². The molecule has 3 rings (SSSR count). The van der Waals surface area contributed by atoms with E-state index >= 15 is 0 Å². The van der Waals surface area contributed by atoms with Crippen LogP contribution in [0.15, 0.2) is 29.8 Å². The van der Waals surface area contributed by atoms with Gasteiger partial charge < -0.3 is 9.84 Å². The standard InChI is InChI=1S/C18H22O3/c1-21-15-7-2-5-13(12-15)11-14-6-3-9-18(14)10-4-8-16(19)17(18)20/h2,5,7,11-12,17,20H,3-4,6,8-10H2,1H3/b14-11+/t17-,18+/m1/s1. The van der Waals surface area contributed by atoms with Crippen LogP contribution < -0.4 is 4.74 Å². The van der Waals surface area contributed by atoms with Crippen molar-refractivity contribution in [3.05, 3.63) is 35.4 Å². The zero-order chi connectivity index (χ0) is 14.9. The Kier molecular flexibility index (Phi) is 3.85. The van der Waals surface area contributed by atoms with Gasteiger partial charge >= 0.3 is 0 Å². The molecular formula is C18H22O3. The number of rotatable bonds is 2. The SMILES string of the molecule is COc1cccc(/C=C2\CCC[C@]23CCCC(=O)[C@H]3O)c1. The van der Waals surface area contributed by atoms with Crippen molar-refractivity contribution in [2.24, 2.45) is 5.41 Å². The summed E-state index contributed by atoms with van der Waals surface area (Å²) >= 11 is 0. The second-order valence-corrected chi connectivity index (χ2v) is 6.18. The molecule has 2 aliphatic rings. The van der Waals surface area contributed by atoms with Crippen LogP contribution in [0, 0.1) is 5.41 Å². The van der Waals surface area contributed by atoms with Crippen molar-refractivity contribution in [3.63, 3.8) is 0 Å². The fourth-order valence-corrected chi connectivity index (χ4v) is 3.91. The van der Waals surface area contributed by atoms with Crippen LogP contribution in [-0.2, 0) is 4.79 Å². The predicted molar refractivity (Wildman–Crippen MR) is 82.1 cm³/mol. The zero-order valence-corrected chi connectivity index (χ0v) is 12.5. The first-order chi connectivity index (χ1) is 10.2. The maximum Gasteiger partial charge on any atom is 0.162 e. The lowest BCUT2D eigenvalue weighted by atomic mass is 9.67. The second-order valence-electron chi connectivity index (χ2n) is 6.18. The molecular weight excluding hydrogens is 264 g/mol. The summed E-state index contributed by atoms with van der Waals surface area (Å²) in [5.74, 6) is 0.844. The number of ketones is 1. The zero-order valence-electron chi connectivity index (χ0n) is 12.5. The van der Waals surface area contributed by atoms with Gasteiger partial charge in [0.05, 0.1) is 7.11 Å². The highest BCUT2D eigenvalue weighted by molar-refractivity contribution is 5.85. The summed E-state index contributed by atoms with van der Waals surface area (Å²) in [5, 5.41) is 10.5. The van der Waals surface area contributed by atoms with E-state index in [4.69, 9.17) is 4.74 Å². The van der Waals surface area contributed by atoms with E-state index in [0.29, 0.717) is 6.42 Å². The Bertz CT molecular complexity index is 576. The number of aliphatic hydroxyl groups is 1. The molecule has 0 amide bonds. The Morgan fingerprint density at radius 2 is 2.05 bits per heavy atom. The van der Waals surface area contributed by atoms with Gasteiger partial charge in [0.1, 0.15) is 11.9 Å². The van der Waals surface area contributed by atoms with E-state index < -0.39 is 6.10 Å². The van der Waals surface area contributed by atoms with E-state index in [1.54, 1.807) is 7.11 Å². The highest BCUT2D eigenvalue weighted by Gasteiger charge is 2.48. The van der Waals surface area contributed by atoms with Crippen molar-refractivity contribution in [3.8, 4) is 5.75 Å². The molecule has 1 spiro atoms. The summed E-state index contributed by atoms with van der Waals surface area (Å²) in [6.45, 7) is 0. The van der Waals surface area contributed by atoms with Crippen molar-refractivity contribution in [2.45, 2.75) is 44.6 Å². The quantitative estimate of drug-likeness (QED) is 0.906. The van der Waals surface area contributed by atoms with E-state index in [1.165, 1.54) is 5.57 Å². The number of aliphatic hydroxyl groups excluding tert-OH is 1. The van der Waals surface area contributed by atoms with Crippen molar-refractivity contribution >= 4 is 11.9 Å². The van der Waals surface area contributed by atoms with E-state index in [1.807, 2.05) is 24.3 Å². The molecule has 2 aliphatic carbocycles. The van der Waals surface area contributed by atoms with Crippen molar-refractivity contribution in [1.82, 2.24) is 0 Å². The number of carbonyl (C=O) groups is 1. The third kappa shape index (κ3) is 2.51. The molecule has 2 atom stereocenters. The summed E-state index contributed by atoms with van der Waals surface area (Å²) in [7, 11) is 1.66. The Morgan fingerprint density at radius 3 is 2.81 bits per heavy atom. The first kappa shape index (κ1) is 14.3. The van der Waals surface area contributed by atoms with Crippen LogP contribution in [0.3, 0.4) is 0 Å². The van der Waals surface area contributed by atoms with E-state index in [2.05, 4.69) is 6.08 Å². The molecule has 21 heavy (non-hydrogen) atoms. The minimum atomic E-state index is -0.814. The molecule has 3 nitrogen and oxygen atoms in total. The Labute approximate surface area is 125 Å². The Hall–Kier alpha value is -1.61. The van der Waals surface area contributed by atoms with Gasteiger partial charge in [0, 0.05) is 11.8 Å². The molecule has 0 aromatic heterocycles. The lowest BCUT2D eigenvalue weighted by molar-refractivity contribution is -0.136. The molecule has 0 aliphatic heterocycles. The third-order valence-corrected chi connectivity index (χ3v) is 5.02. The van der Waals surface area contributed by atoms with Crippen LogP contribution in [0.25, 0.3) is 6.08 Å². The van der Waals surface area contributed by atoms with Gasteiger partial charge in [-0.15, -0.1) is 0 Å². The molecule has 2 fully saturated rings. The fraction of sp³-hybridized carbons (Fsp3) is 0.500. The van der Waals surface area contributed by atoms with Gasteiger partial charge in [-0.05, 0) is 49.8 Å². The summed E-state index contributed by atoms with van der Waals surface area (Å²) in [5.41, 5.74) is 2.01. The Balaban J connectivity index is 1.96. The average Bonchev–Trinajstić information content (AvgIpc) is 2.88. The molecule has 0 radical (unpaired) electrons. The molecule has 1 aromatic rings.